The Morgan fingerprint density at radius 3 is 2.31 bits per heavy atom. The largest absolute Gasteiger partial charge is 0.493 e. The zero-order valence-corrected chi connectivity index (χ0v) is 15.3. The number of anilines is 2. The van der Waals surface area contributed by atoms with E-state index in [0.717, 1.165) is 0 Å². The molecule has 1 aromatic heterocycles. The zero-order valence-electron chi connectivity index (χ0n) is 15.3. The third-order valence-electron chi connectivity index (χ3n) is 3.41. The van der Waals surface area contributed by atoms with Gasteiger partial charge in [-0.1, -0.05) is 6.08 Å². The summed E-state index contributed by atoms with van der Waals surface area (Å²) in [5, 5.41) is 5.82. The molecule has 8 nitrogen and oxygen atoms in total. The second kappa shape index (κ2) is 8.70. The standard InChI is InChI=1S/C18H22N4O4/c1-6-7-19-18(23)13-10-16(21-11(2)20-13)22-12-8-14(24-3)17(26-5)15(9-12)25-4/h6,8-10H,1,7H2,2-5H3,(H,19,23)(H,20,21,22). The minimum atomic E-state index is -0.302. The number of hydrogen-bond donors (Lipinski definition) is 2. The van der Waals surface area contributed by atoms with E-state index in [0.29, 0.717) is 41.1 Å². The van der Waals surface area contributed by atoms with Crippen LogP contribution in [0, 0.1) is 6.92 Å². The lowest BCUT2D eigenvalue weighted by molar-refractivity contribution is 0.0952. The molecule has 0 aliphatic carbocycles. The number of aromatic nitrogens is 2. The second-order valence-electron chi connectivity index (χ2n) is 5.22. The molecule has 0 spiro atoms. The number of carbonyl (C=O) groups excluding carboxylic acids is 1. The van der Waals surface area contributed by atoms with Crippen LogP contribution in [0.3, 0.4) is 0 Å². The van der Waals surface area contributed by atoms with Crippen molar-refractivity contribution in [3.8, 4) is 17.2 Å². The lowest BCUT2D eigenvalue weighted by Crippen LogP contribution is -2.24. The molecule has 0 fully saturated rings. The minimum absolute atomic E-state index is 0.259. The number of methoxy groups -OCH3 is 3. The van der Waals surface area contributed by atoms with Crippen LogP contribution in [0.2, 0.25) is 0 Å². The Bertz CT molecular complexity index is 783. The maximum atomic E-state index is 12.1. The molecule has 0 saturated carbocycles. The summed E-state index contributed by atoms with van der Waals surface area (Å²) in [7, 11) is 4.62. The van der Waals surface area contributed by atoms with Gasteiger partial charge in [-0.3, -0.25) is 4.79 Å². The van der Waals surface area contributed by atoms with Gasteiger partial charge in [0.25, 0.3) is 5.91 Å². The lowest BCUT2D eigenvalue weighted by Gasteiger charge is -2.15. The van der Waals surface area contributed by atoms with E-state index >= 15 is 0 Å². The molecule has 0 radical (unpaired) electrons. The highest BCUT2D eigenvalue weighted by atomic mass is 16.5. The van der Waals surface area contributed by atoms with Gasteiger partial charge in [-0.15, -0.1) is 6.58 Å². The van der Waals surface area contributed by atoms with Crippen molar-refractivity contribution in [2.45, 2.75) is 6.92 Å². The van der Waals surface area contributed by atoms with Gasteiger partial charge in [-0.25, -0.2) is 9.97 Å². The second-order valence-corrected chi connectivity index (χ2v) is 5.22. The van der Waals surface area contributed by atoms with Crippen molar-refractivity contribution < 1.29 is 19.0 Å². The monoisotopic (exact) mass is 358 g/mol. The van der Waals surface area contributed by atoms with Crippen LogP contribution in [0.4, 0.5) is 11.5 Å². The van der Waals surface area contributed by atoms with Gasteiger partial charge in [0.05, 0.1) is 21.3 Å². The fraction of sp³-hybridized carbons (Fsp3) is 0.278. The number of hydrogen-bond acceptors (Lipinski definition) is 7. The van der Waals surface area contributed by atoms with E-state index in [9.17, 15) is 4.79 Å². The summed E-state index contributed by atoms with van der Waals surface area (Å²) in [6.45, 7) is 5.64. The molecule has 1 aromatic carbocycles. The highest BCUT2D eigenvalue weighted by molar-refractivity contribution is 5.93. The molecule has 2 N–H and O–H groups in total. The third kappa shape index (κ3) is 4.41. The van der Waals surface area contributed by atoms with Crippen LogP contribution in [0.5, 0.6) is 17.2 Å². The van der Waals surface area contributed by atoms with Crippen molar-refractivity contribution in [3.05, 3.63) is 42.4 Å². The van der Waals surface area contributed by atoms with Crippen molar-refractivity contribution in [1.82, 2.24) is 15.3 Å². The van der Waals surface area contributed by atoms with Crippen LogP contribution in [0.25, 0.3) is 0 Å². The van der Waals surface area contributed by atoms with E-state index < -0.39 is 0 Å². The maximum Gasteiger partial charge on any atom is 0.270 e. The minimum Gasteiger partial charge on any atom is -0.493 e. The van der Waals surface area contributed by atoms with Gasteiger partial charge < -0.3 is 24.8 Å². The summed E-state index contributed by atoms with van der Waals surface area (Å²) in [6.07, 6.45) is 1.60. The Morgan fingerprint density at radius 2 is 1.77 bits per heavy atom. The summed E-state index contributed by atoms with van der Waals surface area (Å²) < 4.78 is 16.0. The van der Waals surface area contributed by atoms with Crippen LogP contribution in [-0.4, -0.2) is 43.7 Å². The normalized spacial score (nSPS) is 10.0. The van der Waals surface area contributed by atoms with Gasteiger partial charge in [-0.2, -0.15) is 0 Å². The Labute approximate surface area is 152 Å². The van der Waals surface area contributed by atoms with Crippen molar-refractivity contribution in [2.24, 2.45) is 0 Å². The molecule has 0 saturated heterocycles. The molecule has 1 heterocycles. The average Bonchev–Trinajstić information content (AvgIpc) is 2.64. The van der Waals surface area contributed by atoms with Crippen LogP contribution in [0.15, 0.2) is 30.9 Å². The van der Waals surface area contributed by atoms with E-state index in [2.05, 4.69) is 27.2 Å². The zero-order chi connectivity index (χ0) is 19.1. The van der Waals surface area contributed by atoms with E-state index in [1.54, 1.807) is 31.2 Å². The number of nitrogens with one attached hydrogen (secondary N) is 2. The lowest BCUT2D eigenvalue weighted by atomic mass is 10.2. The number of rotatable bonds is 8. The van der Waals surface area contributed by atoms with Gasteiger partial charge in [0.15, 0.2) is 11.5 Å². The number of carbonyl (C=O) groups is 1. The van der Waals surface area contributed by atoms with Gasteiger partial charge in [0, 0.05) is 30.4 Å². The molecule has 0 bridgehead atoms. The predicted octanol–water partition coefficient (Wildman–Crippen LogP) is 2.47. The first-order valence-corrected chi connectivity index (χ1v) is 7.84. The molecule has 26 heavy (non-hydrogen) atoms. The van der Waals surface area contributed by atoms with Crippen molar-refractivity contribution in [2.75, 3.05) is 33.2 Å². The molecule has 0 atom stereocenters. The molecular weight excluding hydrogens is 336 g/mol. The number of benzene rings is 1. The summed E-state index contributed by atoms with van der Waals surface area (Å²) in [5.41, 5.74) is 0.921. The van der Waals surface area contributed by atoms with Crippen LogP contribution in [-0.2, 0) is 0 Å². The molecule has 2 rings (SSSR count). The molecule has 0 unspecified atom stereocenters. The third-order valence-corrected chi connectivity index (χ3v) is 3.41. The Balaban J connectivity index is 2.34. The smallest absolute Gasteiger partial charge is 0.270 e. The van der Waals surface area contributed by atoms with Gasteiger partial charge >= 0.3 is 0 Å². The molecule has 0 aliphatic rings. The van der Waals surface area contributed by atoms with Crippen molar-refractivity contribution in [3.63, 3.8) is 0 Å². The highest BCUT2D eigenvalue weighted by Gasteiger charge is 2.15. The maximum absolute atomic E-state index is 12.1. The summed E-state index contributed by atoms with van der Waals surface area (Å²) in [6, 6.07) is 5.06. The number of aryl methyl sites for hydroxylation is 1. The summed E-state index contributed by atoms with van der Waals surface area (Å²) in [5.74, 6) is 2.13. The molecule has 1 amide bonds. The topological polar surface area (TPSA) is 94.6 Å². The predicted molar refractivity (Wildman–Crippen MR) is 98.7 cm³/mol. The van der Waals surface area contributed by atoms with Gasteiger partial charge in [0.1, 0.15) is 17.3 Å². The van der Waals surface area contributed by atoms with Gasteiger partial charge in [-0.05, 0) is 6.92 Å². The number of amides is 1. The van der Waals surface area contributed by atoms with E-state index in [-0.39, 0.29) is 11.6 Å². The van der Waals surface area contributed by atoms with E-state index in [4.69, 9.17) is 14.2 Å². The van der Waals surface area contributed by atoms with Crippen LogP contribution < -0.4 is 24.8 Å². The van der Waals surface area contributed by atoms with Crippen LogP contribution >= 0.6 is 0 Å². The quantitative estimate of drug-likeness (QED) is 0.700. The molecule has 0 aliphatic heterocycles. The Hall–Kier alpha value is -3.29. The highest BCUT2D eigenvalue weighted by Crippen LogP contribution is 2.40. The molecular formula is C18H22N4O4. The van der Waals surface area contributed by atoms with Crippen molar-refractivity contribution >= 4 is 17.4 Å². The summed E-state index contributed by atoms with van der Waals surface area (Å²) in [4.78, 5) is 20.6. The Kier molecular flexibility index (Phi) is 6.37. The molecule has 2 aromatic rings. The molecule has 138 valence electrons. The first-order chi connectivity index (χ1) is 12.5. The first-order valence-electron chi connectivity index (χ1n) is 7.84. The Morgan fingerprint density at radius 1 is 1.12 bits per heavy atom. The first kappa shape index (κ1) is 19.0. The fourth-order valence-electron chi connectivity index (χ4n) is 2.30. The fourth-order valence-corrected chi connectivity index (χ4v) is 2.30. The van der Waals surface area contributed by atoms with Gasteiger partial charge in [0.2, 0.25) is 5.75 Å². The van der Waals surface area contributed by atoms with E-state index in [1.807, 2.05) is 0 Å². The van der Waals surface area contributed by atoms with E-state index in [1.165, 1.54) is 21.3 Å². The average molecular weight is 358 g/mol. The van der Waals surface area contributed by atoms with Crippen molar-refractivity contribution in [1.29, 1.82) is 0 Å². The number of ether oxygens (including phenoxy) is 3. The molecule has 8 heteroatoms. The summed E-state index contributed by atoms with van der Waals surface area (Å²) >= 11 is 0. The SMILES string of the molecule is C=CCNC(=O)c1cc(Nc2cc(OC)c(OC)c(OC)c2)nc(C)n1. The number of nitrogens with zero attached hydrogens (tertiary/aromatic N) is 2. The van der Waals surface area contributed by atoms with Crippen LogP contribution in [0.1, 0.15) is 16.3 Å².